The van der Waals surface area contributed by atoms with Crippen LogP contribution in [0.2, 0.25) is 0 Å². The first-order valence-electron chi connectivity index (χ1n) is 8.71. The molecule has 4 rings (SSSR count). The van der Waals surface area contributed by atoms with Crippen LogP contribution >= 0.6 is 0 Å². The summed E-state index contributed by atoms with van der Waals surface area (Å²) in [7, 11) is -3.61. The van der Waals surface area contributed by atoms with Crippen LogP contribution in [-0.4, -0.2) is 43.2 Å². The molecule has 9 heteroatoms. The van der Waals surface area contributed by atoms with Crippen LogP contribution in [0.4, 0.5) is 4.39 Å². The first-order valence-corrected chi connectivity index (χ1v) is 10.4. The van der Waals surface area contributed by atoms with Gasteiger partial charge in [-0.1, -0.05) is 23.4 Å². The Kier molecular flexibility index (Phi) is 4.76. The van der Waals surface area contributed by atoms with Crippen LogP contribution in [-0.2, 0) is 9.84 Å². The Hall–Kier alpha value is -2.94. The van der Waals surface area contributed by atoms with Crippen molar-refractivity contribution in [2.24, 2.45) is 0 Å². The summed E-state index contributed by atoms with van der Waals surface area (Å²) in [4.78, 5) is 14.2. The van der Waals surface area contributed by atoms with Gasteiger partial charge in [0, 0.05) is 24.7 Å². The van der Waals surface area contributed by atoms with Gasteiger partial charge < -0.3 is 13.8 Å². The van der Waals surface area contributed by atoms with Gasteiger partial charge in [-0.15, -0.1) is 0 Å². The number of carbonyl (C=O) groups is 1. The standard InChI is InChI=1S/C19H17FN2O5S/c20-14-5-2-1-4-13(14)18-7-8-22(9-11-28(18,24)25)19(23)15-12-17(27-21-15)16-6-3-10-26-16/h1-6,10,12,18H,7-9,11H2. The predicted molar refractivity (Wildman–Crippen MR) is 97.7 cm³/mol. The van der Waals surface area contributed by atoms with Crippen molar-refractivity contribution in [3.8, 4) is 11.5 Å². The lowest BCUT2D eigenvalue weighted by Crippen LogP contribution is -2.33. The summed E-state index contributed by atoms with van der Waals surface area (Å²) in [5.74, 6) is -0.508. The number of hydrogen-bond donors (Lipinski definition) is 0. The van der Waals surface area contributed by atoms with E-state index in [1.54, 1.807) is 18.2 Å². The van der Waals surface area contributed by atoms with E-state index < -0.39 is 26.8 Å². The second-order valence-electron chi connectivity index (χ2n) is 6.51. The molecule has 3 heterocycles. The van der Waals surface area contributed by atoms with Crippen molar-refractivity contribution in [2.75, 3.05) is 18.8 Å². The summed E-state index contributed by atoms with van der Waals surface area (Å²) in [6.07, 6.45) is 1.58. The zero-order valence-electron chi connectivity index (χ0n) is 14.7. The maximum Gasteiger partial charge on any atom is 0.276 e. The highest BCUT2D eigenvalue weighted by atomic mass is 32.2. The minimum absolute atomic E-state index is 0.00899. The summed E-state index contributed by atoms with van der Waals surface area (Å²) in [5, 5.41) is 2.79. The Labute approximate surface area is 160 Å². The highest BCUT2D eigenvalue weighted by Gasteiger charge is 2.35. The van der Waals surface area contributed by atoms with E-state index >= 15 is 0 Å². The number of nitrogens with zero attached hydrogens (tertiary/aromatic N) is 2. The number of hydrogen-bond acceptors (Lipinski definition) is 6. The van der Waals surface area contributed by atoms with Crippen LogP contribution < -0.4 is 0 Å². The number of rotatable bonds is 3. The molecule has 2 aromatic heterocycles. The zero-order valence-corrected chi connectivity index (χ0v) is 15.6. The lowest BCUT2D eigenvalue weighted by atomic mass is 10.1. The molecule has 0 N–H and O–H groups in total. The van der Waals surface area contributed by atoms with E-state index in [1.165, 1.54) is 35.4 Å². The van der Waals surface area contributed by atoms with Crippen molar-refractivity contribution in [2.45, 2.75) is 11.7 Å². The van der Waals surface area contributed by atoms with Crippen LogP contribution in [0.3, 0.4) is 0 Å². The molecule has 1 atom stereocenters. The maximum atomic E-state index is 14.1. The molecule has 1 unspecified atom stereocenters. The van der Waals surface area contributed by atoms with Gasteiger partial charge in [0.2, 0.25) is 5.76 Å². The number of aromatic nitrogens is 1. The van der Waals surface area contributed by atoms with Gasteiger partial charge in [0.15, 0.2) is 21.3 Å². The lowest BCUT2D eigenvalue weighted by molar-refractivity contribution is 0.0756. The number of amides is 1. The van der Waals surface area contributed by atoms with Crippen molar-refractivity contribution >= 4 is 15.7 Å². The monoisotopic (exact) mass is 404 g/mol. The fourth-order valence-corrected chi connectivity index (χ4v) is 5.11. The van der Waals surface area contributed by atoms with Gasteiger partial charge in [-0.2, -0.15) is 0 Å². The Morgan fingerprint density at radius 3 is 2.71 bits per heavy atom. The van der Waals surface area contributed by atoms with Crippen molar-refractivity contribution in [3.63, 3.8) is 0 Å². The summed E-state index contributed by atoms with van der Waals surface area (Å²) in [6, 6.07) is 10.6. The van der Waals surface area contributed by atoms with E-state index in [4.69, 9.17) is 8.94 Å². The topological polar surface area (TPSA) is 93.6 Å². The van der Waals surface area contributed by atoms with E-state index in [0.717, 1.165) is 0 Å². The van der Waals surface area contributed by atoms with Crippen LogP contribution in [0.25, 0.3) is 11.5 Å². The fourth-order valence-electron chi connectivity index (χ4n) is 3.31. The molecule has 1 aromatic carbocycles. The third-order valence-corrected chi connectivity index (χ3v) is 6.88. The molecule has 1 aliphatic rings. The Bertz CT molecular complexity index is 1090. The van der Waals surface area contributed by atoms with Gasteiger partial charge in [0.05, 0.1) is 17.3 Å². The van der Waals surface area contributed by atoms with Gasteiger partial charge >= 0.3 is 0 Å². The Morgan fingerprint density at radius 2 is 1.96 bits per heavy atom. The summed E-state index contributed by atoms with van der Waals surface area (Å²) < 4.78 is 49.8. The van der Waals surface area contributed by atoms with Gasteiger partial charge in [-0.25, -0.2) is 12.8 Å². The average molecular weight is 404 g/mol. The molecule has 0 bridgehead atoms. The highest BCUT2D eigenvalue weighted by Crippen LogP contribution is 2.31. The molecule has 1 saturated heterocycles. The summed E-state index contributed by atoms with van der Waals surface area (Å²) in [6.45, 7) is 0.176. The molecule has 1 amide bonds. The summed E-state index contributed by atoms with van der Waals surface area (Å²) in [5.41, 5.74) is 0.200. The Balaban J connectivity index is 1.55. The number of sulfone groups is 1. The van der Waals surface area contributed by atoms with Crippen LogP contribution in [0.5, 0.6) is 0 Å². The van der Waals surface area contributed by atoms with Crippen molar-refractivity contribution < 1.29 is 26.5 Å². The highest BCUT2D eigenvalue weighted by molar-refractivity contribution is 7.91. The molecule has 1 fully saturated rings. The normalized spacial score (nSPS) is 19.3. The Morgan fingerprint density at radius 1 is 1.14 bits per heavy atom. The van der Waals surface area contributed by atoms with Gasteiger partial charge in [0.1, 0.15) is 5.82 Å². The molecule has 28 heavy (non-hydrogen) atoms. The quantitative estimate of drug-likeness (QED) is 0.666. The minimum atomic E-state index is -3.61. The minimum Gasteiger partial charge on any atom is -0.461 e. The largest absolute Gasteiger partial charge is 0.461 e. The first-order chi connectivity index (χ1) is 13.5. The smallest absolute Gasteiger partial charge is 0.276 e. The molecular weight excluding hydrogens is 387 g/mol. The van der Waals surface area contributed by atoms with Crippen LogP contribution in [0.15, 0.2) is 57.7 Å². The molecule has 0 radical (unpaired) electrons. The maximum absolute atomic E-state index is 14.1. The average Bonchev–Trinajstić information content (AvgIpc) is 3.33. The second kappa shape index (κ2) is 7.23. The van der Waals surface area contributed by atoms with E-state index in [-0.39, 0.29) is 36.5 Å². The van der Waals surface area contributed by atoms with E-state index in [0.29, 0.717) is 11.5 Å². The number of furan rings is 1. The molecule has 7 nitrogen and oxygen atoms in total. The van der Waals surface area contributed by atoms with Crippen molar-refractivity contribution in [1.82, 2.24) is 10.1 Å². The molecule has 0 aliphatic carbocycles. The summed E-state index contributed by atoms with van der Waals surface area (Å²) >= 11 is 0. The number of halogens is 1. The van der Waals surface area contributed by atoms with Gasteiger partial charge in [0.25, 0.3) is 5.91 Å². The van der Waals surface area contributed by atoms with Gasteiger partial charge in [-0.3, -0.25) is 4.79 Å². The van der Waals surface area contributed by atoms with Crippen LogP contribution in [0, 0.1) is 5.82 Å². The predicted octanol–water partition coefficient (Wildman–Crippen LogP) is 3.08. The van der Waals surface area contributed by atoms with E-state index in [9.17, 15) is 17.6 Å². The third kappa shape index (κ3) is 3.45. The molecule has 146 valence electrons. The van der Waals surface area contributed by atoms with Crippen molar-refractivity contribution in [1.29, 1.82) is 0 Å². The zero-order chi connectivity index (χ0) is 19.7. The number of carbonyl (C=O) groups excluding carboxylic acids is 1. The SMILES string of the molecule is O=C(c1cc(-c2ccco2)on1)N1CCC(c2ccccc2F)S(=O)(=O)CC1. The van der Waals surface area contributed by atoms with Gasteiger partial charge in [-0.05, 0) is 24.6 Å². The van der Waals surface area contributed by atoms with E-state index in [2.05, 4.69) is 5.16 Å². The first kappa shape index (κ1) is 18.4. The van der Waals surface area contributed by atoms with Crippen LogP contribution in [0.1, 0.15) is 27.7 Å². The van der Waals surface area contributed by atoms with Crippen molar-refractivity contribution in [3.05, 3.63) is 65.8 Å². The van der Waals surface area contributed by atoms with E-state index in [1.807, 2.05) is 0 Å². The number of benzene rings is 1. The fraction of sp³-hybridized carbons (Fsp3) is 0.263. The molecule has 0 spiro atoms. The lowest BCUT2D eigenvalue weighted by Gasteiger charge is -2.18. The molecule has 3 aromatic rings. The third-order valence-electron chi connectivity index (χ3n) is 4.77. The molecular formula is C19H17FN2O5S. The molecule has 0 saturated carbocycles. The molecule has 1 aliphatic heterocycles. The second-order valence-corrected chi connectivity index (χ2v) is 8.81.